The lowest BCUT2D eigenvalue weighted by Gasteiger charge is -2.17. The molecular weight excluding hydrogens is 314 g/mol. The Labute approximate surface area is 138 Å². The topological polar surface area (TPSA) is 106 Å². The predicted octanol–water partition coefficient (Wildman–Crippen LogP) is 1.77. The number of aliphatic carboxylic acids is 1. The molecule has 0 unspecified atom stereocenters. The molecule has 1 aromatic carbocycles. The summed E-state index contributed by atoms with van der Waals surface area (Å²) in [7, 11) is 0. The lowest BCUT2D eigenvalue weighted by atomic mass is 10.1. The number of nitrogens with one attached hydrogen (secondary N) is 1. The van der Waals surface area contributed by atoms with Gasteiger partial charge >= 0.3 is 11.6 Å². The van der Waals surface area contributed by atoms with Crippen LogP contribution in [0.15, 0.2) is 27.4 Å². The highest BCUT2D eigenvalue weighted by Gasteiger charge is 2.20. The Hall–Kier alpha value is -2.83. The van der Waals surface area contributed by atoms with Crippen LogP contribution in [0.1, 0.15) is 25.0 Å². The molecule has 0 aliphatic heterocycles. The zero-order valence-electron chi connectivity index (χ0n) is 13.9. The molecule has 1 amide bonds. The summed E-state index contributed by atoms with van der Waals surface area (Å²) >= 11 is 0. The van der Waals surface area contributed by atoms with Crippen LogP contribution in [-0.4, -0.2) is 29.1 Å². The van der Waals surface area contributed by atoms with Crippen molar-refractivity contribution >= 4 is 22.8 Å². The van der Waals surface area contributed by atoms with E-state index in [1.165, 1.54) is 19.9 Å². The number of fused-ring (bicyclic) bond motifs is 1. The van der Waals surface area contributed by atoms with E-state index in [1.54, 1.807) is 19.1 Å². The number of carboxylic acids is 1. The van der Waals surface area contributed by atoms with Gasteiger partial charge in [-0.05, 0) is 45.4 Å². The number of rotatable bonds is 5. The van der Waals surface area contributed by atoms with E-state index in [9.17, 15) is 14.4 Å². The molecule has 0 fully saturated rings. The van der Waals surface area contributed by atoms with Crippen LogP contribution in [0, 0.1) is 13.8 Å². The average molecular weight is 333 g/mol. The SMILES string of the molecule is Cc1c(C)c2ccc(O[C@H](C)C(=O)N[C@@H](C)C(=O)O)cc2oc1=O. The minimum absolute atomic E-state index is 0.347. The van der Waals surface area contributed by atoms with Gasteiger partial charge in [-0.2, -0.15) is 0 Å². The molecule has 0 saturated heterocycles. The zero-order chi connectivity index (χ0) is 18.0. The molecule has 1 aromatic heterocycles. The monoisotopic (exact) mass is 333 g/mol. The van der Waals surface area contributed by atoms with Gasteiger partial charge in [-0.1, -0.05) is 0 Å². The quantitative estimate of drug-likeness (QED) is 0.808. The highest BCUT2D eigenvalue weighted by molar-refractivity contribution is 5.86. The van der Waals surface area contributed by atoms with Crippen molar-refractivity contribution in [3.05, 3.63) is 39.7 Å². The molecule has 2 atom stereocenters. The largest absolute Gasteiger partial charge is 0.481 e. The van der Waals surface area contributed by atoms with E-state index in [0.29, 0.717) is 16.9 Å². The second-order valence-corrected chi connectivity index (χ2v) is 5.63. The molecule has 1 heterocycles. The third-order valence-corrected chi connectivity index (χ3v) is 3.84. The molecule has 7 heteroatoms. The highest BCUT2D eigenvalue weighted by Crippen LogP contribution is 2.24. The summed E-state index contributed by atoms with van der Waals surface area (Å²) in [6.45, 7) is 6.40. The second-order valence-electron chi connectivity index (χ2n) is 5.63. The van der Waals surface area contributed by atoms with E-state index >= 15 is 0 Å². The van der Waals surface area contributed by atoms with Gasteiger partial charge in [0.1, 0.15) is 17.4 Å². The number of carboxylic acid groups (broad SMARTS) is 1. The van der Waals surface area contributed by atoms with Gasteiger partial charge in [0.15, 0.2) is 6.10 Å². The molecule has 128 valence electrons. The van der Waals surface area contributed by atoms with Crippen molar-refractivity contribution in [3.63, 3.8) is 0 Å². The number of hydrogen-bond donors (Lipinski definition) is 2. The zero-order valence-corrected chi connectivity index (χ0v) is 13.9. The molecule has 7 nitrogen and oxygen atoms in total. The van der Waals surface area contributed by atoms with Crippen molar-refractivity contribution in [2.45, 2.75) is 39.8 Å². The molecule has 0 bridgehead atoms. The number of ether oxygens (including phenoxy) is 1. The van der Waals surface area contributed by atoms with Gasteiger partial charge in [0.2, 0.25) is 0 Å². The molecule has 0 aliphatic rings. The molecule has 0 spiro atoms. The number of benzene rings is 1. The first kappa shape index (κ1) is 17.5. The Bertz CT molecular complexity index is 854. The molecule has 0 aliphatic carbocycles. The van der Waals surface area contributed by atoms with Crippen LogP contribution < -0.4 is 15.7 Å². The van der Waals surface area contributed by atoms with Crippen LogP contribution in [-0.2, 0) is 9.59 Å². The number of amides is 1. The first-order valence-electron chi connectivity index (χ1n) is 7.44. The maximum absolute atomic E-state index is 11.9. The summed E-state index contributed by atoms with van der Waals surface area (Å²) in [6.07, 6.45) is -0.900. The molecule has 0 radical (unpaired) electrons. The Morgan fingerprint density at radius 1 is 1.21 bits per heavy atom. The molecule has 2 rings (SSSR count). The van der Waals surface area contributed by atoms with E-state index in [1.807, 2.05) is 6.92 Å². The van der Waals surface area contributed by atoms with Crippen molar-refractivity contribution in [2.24, 2.45) is 0 Å². The maximum Gasteiger partial charge on any atom is 0.339 e. The van der Waals surface area contributed by atoms with Crippen molar-refractivity contribution in [2.75, 3.05) is 0 Å². The summed E-state index contributed by atoms with van der Waals surface area (Å²) in [5.41, 5.74) is 1.32. The Morgan fingerprint density at radius 3 is 2.50 bits per heavy atom. The first-order valence-corrected chi connectivity index (χ1v) is 7.44. The van der Waals surface area contributed by atoms with Gasteiger partial charge in [0.25, 0.3) is 5.91 Å². The van der Waals surface area contributed by atoms with Crippen LogP contribution in [0.5, 0.6) is 5.75 Å². The van der Waals surface area contributed by atoms with Gasteiger partial charge in [-0.3, -0.25) is 9.59 Å². The number of aryl methyl sites for hydroxylation is 1. The minimum Gasteiger partial charge on any atom is -0.481 e. The second kappa shape index (κ2) is 6.74. The summed E-state index contributed by atoms with van der Waals surface area (Å²) in [5.74, 6) is -1.33. The van der Waals surface area contributed by atoms with Gasteiger partial charge in [-0.25, -0.2) is 4.79 Å². The van der Waals surface area contributed by atoms with Crippen LogP contribution >= 0.6 is 0 Å². The average Bonchev–Trinajstić information content (AvgIpc) is 2.52. The van der Waals surface area contributed by atoms with Gasteiger partial charge in [0.05, 0.1) is 0 Å². The van der Waals surface area contributed by atoms with Crippen molar-refractivity contribution in [1.82, 2.24) is 5.32 Å². The Morgan fingerprint density at radius 2 is 1.88 bits per heavy atom. The van der Waals surface area contributed by atoms with Gasteiger partial charge in [0, 0.05) is 17.0 Å². The standard InChI is InChI=1S/C17H19NO6/c1-8-9(2)17(22)24-14-7-12(5-6-13(8)14)23-11(4)15(19)18-10(3)16(20)21/h5-7,10-11H,1-4H3,(H,18,19)(H,20,21)/t10-,11+/m0/s1. The molecule has 2 aromatic rings. The highest BCUT2D eigenvalue weighted by atomic mass is 16.5. The fraction of sp³-hybridized carbons (Fsp3) is 0.353. The Balaban J connectivity index is 2.21. The van der Waals surface area contributed by atoms with Crippen LogP contribution in [0.3, 0.4) is 0 Å². The summed E-state index contributed by atoms with van der Waals surface area (Å²) in [5, 5.41) is 11.9. The smallest absolute Gasteiger partial charge is 0.339 e. The van der Waals surface area contributed by atoms with Crippen molar-refractivity contribution in [1.29, 1.82) is 0 Å². The predicted molar refractivity (Wildman–Crippen MR) is 87.3 cm³/mol. The van der Waals surface area contributed by atoms with E-state index in [0.717, 1.165) is 10.9 Å². The maximum atomic E-state index is 11.9. The van der Waals surface area contributed by atoms with E-state index in [2.05, 4.69) is 5.32 Å². The van der Waals surface area contributed by atoms with E-state index in [4.69, 9.17) is 14.3 Å². The number of carbonyl (C=O) groups is 2. The fourth-order valence-corrected chi connectivity index (χ4v) is 2.15. The van der Waals surface area contributed by atoms with Gasteiger partial charge in [-0.15, -0.1) is 0 Å². The Kier molecular flexibility index (Phi) is 4.92. The molecule has 24 heavy (non-hydrogen) atoms. The summed E-state index contributed by atoms with van der Waals surface area (Å²) < 4.78 is 10.7. The molecule has 0 saturated carbocycles. The first-order chi connectivity index (χ1) is 11.2. The normalized spacial score (nSPS) is 13.3. The fourth-order valence-electron chi connectivity index (χ4n) is 2.15. The number of hydrogen-bond acceptors (Lipinski definition) is 5. The molecular formula is C17H19NO6. The lowest BCUT2D eigenvalue weighted by molar-refractivity contribution is -0.142. The van der Waals surface area contributed by atoms with Crippen LogP contribution in [0.4, 0.5) is 0 Å². The van der Waals surface area contributed by atoms with Crippen molar-refractivity contribution in [3.8, 4) is 5.75 Å². The minimum atomic E-state index is -1.13. The van der Waals surface area contributed by atoms with Crippen LogP contribution in [0.25, 0.3) is 11.0 Å². The van der Waals surface area contributed by atoms with Gasteiger partial charge < -0.3 is 19.6 Å². The van der Waals surface area contributed by atoms with Crippen LogP contribution in [0.2, 0.25) is 0 Å². The third-order valence-electron chi connectivity index (χ3n) is 3.84. The van der Waals surface area contributed by atoms with Crippen molar-refractivity contribution < 1.29 is 23.8 Å². The van der Waals surface area contributed by atoms with E-state index < -0.39 is 29.6 Å². The lowest BCUT2D eigenvalue weighted by Crippen LogP contribution is -2.44. The number of carbonyl (C=O) groups excluding carboxylic acids is 1. The van der Waals surface area contributed by atoms with E-state index in [-0.39, 0.29) is 0 Å². The third kappa shape index (κ3) is 3.56. The summed E-state index contributed by atoms with van der Waals surface area (Å²) in [6, 6.07) is 3.94. The molecule has 2 N–H and O–H groups in total. The summed E-state index contributed by atoms with van der Waals surface area (Å²) in [4.78, 5) is 34.4.